The first-order chi connectivity index (χ1) is 10.7. The van der Waals surface area contributed by atoms with Crippen LogP contribution in [0.3, 0.4) is 0 Å². The van der Waals surface area contributed by atoms with Crippen molar-refractivity contribution >= 4 is 24.0 Å². The molecular formula is C15H19ClN4O3. The molecule has 1 aliphatic heterocycles. The zero-order valence-electron chi connectivity index (χ0n) is 12.7. The molecule has 0 atom stereocenters. The Bertz CT molecular complexity index is 625. The van der Waals surface area contributed by atoms with Gasteiger partial charge in [-0.2, -0.15) is 4.98 Å². The molecule has 23 heavy (non-hydrogen) atoms. The molecule has 0 spiro atoms. The number of benzene rings is 1. The molecule has 2 N–H and O–H groups in total. The highest BCUT2D eigenvalue weighted by atomic mass is 35.5. The second kappa shape index (κ2) is 7.54. The molecule has 1 aromatic heterocycles. The molecule has 2 heterocycles. The molecule has 2 aromatic rings. The van der Waals surface area contributed by atoms with Gasteiger partial charge >= 0.3 is 0 Å². The van der Waals surface area contributed by atoms with Crippen molar-refractivity contribution in [3.05, 3.63) is 30.7 Å². The van der Waals surface area contributed by atoms with Gasteiger partial charge in [0.1, 0.15) is 5.60 Å². The monoisotopic (exact) mass is 338 g/mol. The Hall–Kier alpha value is -1.96. The first kappa shape index (κ1) is 17.4. The lowest BCUT2D eigenvalue weighted by Crippen LogP contribution is -2.51. The largest absolute Gasteiger partial charge is 0.368 e. The van der Waals surface area contributed by atoms with Gasteiger partial charge in [0.05, 0.1) is 0 Å². The minimum atomic E-state index is -0.752. The smallest absolute Gasteiger partial charge is 0.256 e. The van der Waals surface area contributed by atoms with Gasteiger partial charge in [0.25, 0.3) is 5.91 Å². The highest BCUT2D eigenvalue weighted by Gasteiger charge is 2.39. The van der Waals surface area contributed by atoms with E-state index in [1.807, 2.05) is 24.3 Å². The fourth-order valence-corrected chi connectivity index (χ4v) is 2.60. The summed E-state index contributed by atoms with van der Waals surface area (Å²) in [5.41, 5.74) is 0.791. The number of hydrogen-bond donors (Lipinski definition) is 2. The number of aromatic nitrogens is 2. The third-order valence-corrected chi connectivity index (χ3v) is 3.98. The third kappa shape index (κ3) is 3.69. The zero-order chi connectivity index (χ0) is 15.4. The van der Waals surface area contributed by atoms with Gasteiger partial charge in [0.15, 0.2) is 0 Å². The molecular weight excluding hydrogens is 320 g/mol. The summed E-state index contributed by atoms with van der Waals surface area (Å²) in [6.45, 7) is 1.55. The van der Waals surface area contributed by atoms with Crippen molar-refractivity contribution in [2.45, 2.75) is 18.4 Å². The van der Waals surface area contributed by atoms with Crippen LogP contribution in [-0.2, 0) is 9.53 Å². The molecule has 7 nitrogen and oxygen atoms in total. The summed E-state index contributed by atoms with van der Waals surface area (Å²) in [4.78, 5) is 16.5. The van der Waals surface area contributed by atoms with E-state index in [1.54, 1.807) is 7.11 Å². The van der Waals surface area contributed by atoms with Crippen LogP contribution in [0.2, 0.25) is 0 Å². The van der Waals surface area contributed by atoms with E-state index in [4.69, 9.17) is 9.26 Å². The SMILES string of the molecule is COC1(C(=O)Nc2ccc(-c3ncon3)cc2)CCNCC1.Cl. The summed E-state index contributed by atoms with van der Waals surface area (Å²) in [6.07, 6.45) is 2.61. The van der Waals surface area contributed by atoms with Crippen molar-refractivity contribution in [1.82, 2.24) is 15.5 Å². The average Bonchev–Trinajstić information content (AvgIpc) is 3.10. The number of ether oxygens (including phenoxy) is 1. The predicted molar refractivity (Wildman–Crippen MR) is 87.5 cm³/mol. The number of nitrogens with one attached hydrogen (secondary N) is 2. The van der Waals surface area contributed by atoms with Gasteiger partial charge in [-0.1, -0.05) is 5.16 Å². The minimum Gasteiger partial charge on any atom is -0.368 e. The Balaban J connectivity index is 0.00000192. The average molecular weight is 339 g/mol. The summed E-state index contributed by atoms with van der Waals surface area (Å²) in [5.74, 6) is 0.411. The Morgan fingerprint density at radius 2 is 2.00 bits per heavy atom. The predicted octanol–water partition coefficient (Wildman–Crippen LogP) is 1.87. The van der Waals surface area contributed by atoms with Crippen LogP contribution < -0.4 is 10.6 Å². The highest BCUT2D eigenvalue weighted by molar-refractivity contribution is 5.97. The van der Waals surface area contributed by atoms with E-state index >= 15 is 0 Å². The van der Waals surface area contributed by atoms with Crippen LogP contribution in [0.25, 0.3) is 11.4 Å². The number of carbonyl (C=O) groups excluding carboxylic acids is 1. The van der Waals surface area contributed by atoms with Crippen molar-refractivity contribution in [3.63, 3.8) is 0 Å². The Morgan fingerprint density at radius 3 is 2.57 bits per heavy atom. The van der Waals surface area contributed by atoms with Crippen LogP contribution in [0.15, 0.2) is 35.2 Å². The summed E-state index contributed by atoms with van der Waals surface area (Å²) in [5, 5.41) is 9.93. The molecule has 8 heteroatoms. The second-order valence-electron chi connectivity index (χ2n) is 5.23. The fourth-order valence-electron chi connectivity index (χ4n) is 2.60. The Labute approximate surface area is 140 Å². The van der Waals surface area contributed by atoms with E-state index in [2.05, 4.69) is 20.8 Å². The van der Waals surface area contributed by atoms with Gasteiger partial charge in [-0.3, -0.25) is 4.79 Å². The number of hydrogen-bond acceptors (Lipinski definition) is 6. The molecule has 0 aliphatic carbocycles. The van der Waals surface area contributed by atoms with Crippen molar-refractivity contribution < 1.29 is 14.1 Å². The first-order valence-corrected chi connectivity index (χ1v) is 7.18. The number of piperidine rings is 1. The number of carbonyl (C=O) groups is 1. The maximum Gasteiger partial charge on any atom is 0.256 e. The molecule has 1 aromatic carbocycles. The highest BCUT2D eigenvalue weighted by Crippen LogP contribution is 2.25. The van der Waals surface area contributed by atoms with Crippen LogP contribution in [0.1, 0.15) is 12.8 Å². The fraction of sp³-hybridized carbons (Fsp3) is 0.400. The van der Waals surface area contributed by atoms with Gasteiger partial charge in [-0.25, -0.2) is 0 Å². The first-order valence-electron chi connectivity index (χ1n) is 7.18. The van der Waals surface area contributed by atoms with Crippen LogP contribution >= 0.6 is 12.4 Å². The lowest BCUT2D eigenvalue weighted by molar-refractivity contribution is -0.140. The lowest BCUT2D eigenvalue weighted by Gasteiger charge is -2.34. The third-order valence-electron chi connectivity index (χ3n) is 3.98. The molecule has 3 rings (SSSR count). The molecule has 1 fully saturated rings. The summed E-state index contributed by atoms with van der Waals surface area (Å²) >= 11 is 0. The number of amides is 1. The van der Waals surface area contributed by atoms with E-state index in [0.29, 0.717) is 24.4 Å². The van der Waals surface area contributed by atoms with Crippen LogP contribution in [0.4, 0.5) is 5.69 Å². The van der Waals surface area contributed by atoms with Gasteiger partial charge in [0, 0.05) is 18.4 Å². The van der Waals surface area contributed by atoms with E-state index in [-0.39, 0.29) is 18.3 Å². The summed E-state index contributed by atoms with van der Waals surface area (Å²) < 4.78 is 10.2. The number of halogens is 1. The lowest BCUT2D eigenvalue weighted by atomic mass is 9.91. The maximum absolute atomic E-state index is 12.5. The van der Waals surface area contributed by atoms with E-state index in [9.17, 15) is 4.79 Å². The zero-order valence-corrected chi connectivity index (χ0v) is 13.6. The number of methoxy groups -OCH3 is 1. The molecule has 0 saturated carbocycles. The number of rotatable bonds is 4. The summed E-state index contributed by atoms with van der Waals surface area (Å²) in [7, 11) is 1.59. The van der Waals surface area contributed by atoms with Crippen molar-refractivity contribution in [1.29, 1.82) is 0 Å². The quantitative estimate of drug-likeness (QED) is 0.884. The standard InChI is InChI=1S/C15H18N4O3.ClH/c1-21-15(6-8-16-9-7-15)14(20)18-12-4-2-11(3-5-12)13-17-10-22-19-13;/h2-5,10,16H,6-9H2,1H3,(H,18,20);1H. The molecule has 124 valence electrons. The van der Waals surface area contributed by atoms with E-state index < -0.39 is 5.60 Å². The van der Waals surface area contributed by atoms with Gasteiger partial charge in [0.2, 0.25) is 12.2 Å². The van der Waals surface area contributed by atoms with E-state index in [1.165, 1.54) is 6.39 Å². The van der Waals surface area contributed by atoms with E-state index in [0.717, 1.165) is 18.7 Å². The molecule has 0 radical (unpaired) electrons. The number of anilines is 1. The molecule has 0 bridgehead atoms. The van der Waals surface area contributed by atoms with Crippen LogP contribution in [0, 0.1) is 0 Å². The van der Waals surface area contributed by atoms with Crippen molar-refractivity contribution in [2.24, 2.45) is 0 Å². The normalized spacial score (nSPS) is 16.4. The Morgan fingerprint density at radius 1 is 1.30 bits per heavy atom. The summed E-state index contributed by atoms with van der Waals surface area (Å²) in [6, 6.07) is 7.30. The second-order valence-corrected chi connectivity index (χ2v) is 5.23. The molecule has 1 aliphatic rings. The Kier molecular flexibility index (Phi) is 5.70. The van der Waals surface area contributed by atoms with Crippen molar-refractivity contribution in [2.75, 3.05) is 25.5 Å². The molecule has 1 saturated heterocycles. The topological polar surface area (TPSA) is 89.3 Å². The molecule has 0 unspecified atom stereocenters. The van der Waals surface area contributed by atoms with Crippen LogP contribution in [0.5, 0.6) is 0 Å². The van der Waals surface area contributed by atoms with Gasteiger partial charge < -0.3 is 19.9 Å². The van der Waals surface area contributed by atoms with Crippen molar-refractivity contribution in [3.8, 4) is 11.4 Å². The molecule has 1 amide bonds. The van der Waals surface area contributed by atoms with Gasteiger partial charge in [-0.15, -0.1) is 12.4 Å². The maximum atomic E-state index is 12.5. The van der Waals surface area contributed by atoms with Gasteiger partial charge in [-0.05, 0) is 50.2 Å². The van der Waals surface area contributed by atoms with Crippen LogP contribution in [-0.4, -0.2) is 41.8 Å². The number of nitrogens with zero attached hydrogens (tertiary/aromatic N) is 2. The minimum absolute atomic E-state index is 0.